The van der Waals surface area contributed by atoms with Gasteiger partial charge in [0.1, 0.15) is 12.4 Å². The number of piperidine rings is 1. The number of hydrogen-bond acceptors (Lipinski definition) is 4. The molecule has 200 valence electrons. The first-order valence-corrected chi connectivity index (χ1v) is 14.6. The van der Waals surface area contributed by atoms with Crippen molar-refractivity contribution in [1.29, 1.82) is 0 Å². The van der Waals surface area contributed by atoms with Gasteiger partial charge in [0.2, 0.25) is 0 Å². The van der Waals surface area contributed by atoms with E-state index in [9.17, 15) is 0 Å². The molecule has 0 aromatic heterocycles. The minimum Gasteiger partial charge on any atom is -0.489 e. The molecule has 6 rings (SSSR count). The summed E-state index contributed by atoms with van der Waals surface area (Å²) in [6, 6.07) is 18.4. The Labute approximate surface area is 223 Å². The molecule has 1 heterocycles. The molecule has 0 bridgehead atoms. The van der Waals surface area contributed by atoms with Gasteiger partial charge in [-0.2, -0.15) is 0 Å². The predicted molar refractivity (Wildman–Crippen MR) is 148 cm³/mol. The van der Waals surface area contributed by atoms with Gasteiger partial charge in [-0.15, -0.1) is 0 Å². The average molecular weight is 504 g/mol. The second kappa shape index (κ2) is 9.39. The zero-order valence-electron chi connectivity index (χ0n) is 23.5. The van der Waals surface area contributed by atoms with Crippen molar-refractivity contribution < 1.29 is 14.2 Å². The molecule has 2 aromatic carbocycles. The lowest BCUT2D eigenvalue weighted by molar-refractivity contribution is -0.302. The zero-order chi connectivity index (χ0) is 25.8. The second-order valence-electron chi connectivity index (χ2n) is 13.1. The standard InChI is InChI=1S/C33H45NO3/c1-6-17-35-18-16-31(2,3)37-29-26-15-14-25(36-22-24-10-8-7-9-11-24)19-27(26)32(4)20-28-33(32,5)30(29)34(28)21-23-12-13-23/h7-11,14-15,19,23,28-30H,6,12-13,16-18,20-22H2,1-5H3/t28?,29-,30-,32+,33?/m1/s1. The van der Waals surface area contributed by atoms with Crippen molar-refractivity contribution in [2.45, 2.75) is 103 Å². The van der Waals surface area contributed by atoms with Crippen LogP contribution in [0.25, 0.3) is 0 Å². The number of likely N-dealkylation sites (tertiary alicyclic amines) is 1. The molecule has 0 amide bonds. The highest BCUT2D eigenvalue weighted by Gasteiger charge is 2.78. The SMILES string of the molecule is CCCOCCC(C)(C)O[C@@H]1c2ccc(OCc3ccccc3)cc2[C@]2(C)CC3N(CC4CC4)[C@H]1C32C. The molecule has 1 aliphatic heterocycles. The maximum atomic E-state index is 7.14. The molecule has 3 fully saturated rings. The molecule has 4 nitrogen and oxygen atoms in total. The topological polar surface area (TPSA) is 30.9 Å². The van der Waals surface area contributed by atoms with Crippen LogP contribution in [-0.4, -0.2) is 42.3 Å². The number of ether oxygens (including phenoxy) is 3. The Morgan fingerprint density at radius 1 is 1.03 bits per heavy atom. The fourth-order valence-corrected chi connectivity index (χ4v) is 7.58. The summed E-state index contributed by atoms with van der Waals surface area (Å²) in [6.07, 6.45) is 6.07. The van der Waals surface area contributed by atoms with Crippen LogP contribution in [0.3, 0.4) is 0 Å². The van der Waals surface area contributed by atoms with Gasteiger partial charge in [-0.1, -0.05) is 57.2 Å². The first-order chi connectivity index (χ1) is 17.8. The van der Waals surface area contributed by atoms with E-state index >= 15 is 0 Å². The van der Waals surface area contributed by atoms with Crippen LogP contribution in [0.2, 0.25) is 0 Å². The van der Waals surface area contributed by atoms with Gasteiger partial charge in [-0.05, 0) is 80.7 Å². The van der Waals surface area contributed by atoms with E-state index in [1.54, 1.807) is 0 Å². The molecule has 2 saturated carbocycles. The summed E-state index contributed by atoms with van der Waals surface area (Å²) >= 11 is 0. The molecule has 4 heteroatoms. The Kier molecular flexibility index (Phi) is 6.45. The summed E-state index contributed by atoms with van der Waals surface area (Å²) < 4.78 is 19.3. The minimum absolute atomic E-state index is 0.0766. The summed E-state index contributed by atoms with van der Waals surface area (Å²) in [5.41, 5.74) is 4.18. The first-order valence-electron chi connectivity index (χ1n) is 14.6. The van der Waals surface area contributed by atoms with Crippen LogP contribution in [0.4, 0.5) is 0 Å². The molecule has 0 spiro atoms. The summed E-state index contributed by atoms with van der Waals surface area (Å²) in [5.74, 6) is 1.86. The highest BCUT2D eigenvalue weighted by atomic mass is 16.5. The summed E-state index contributed by atoms with van der Waals surface area (Å²) in [4.78, 5) is 2.83. The van der Waals surface area contributed by atoms with Crippen LogP contribution in [0.1, 0.15) is 89.5 Å². The lowest BCUT2D eigenvalue weighted by Crippen LogP contribution is -2.87. The van der Waals surface area contributed by atoms with E-state index in [1.165, 1.54) is 42.5 Å². The average Bonchev–Trinajstić information content (AvgIpc) is 3.71. The first kappa shape index (κ1) is 25.4. The van der Waals surface area contributed by atoms with Gasteiger partial charge in [0.05, 0.1) is 11.7 Å². The van der Waals surface area contributed by atoms with Crippen molar-refractivity contribution in [2.75, 3.05) is 19.8 Å². The molecular weight excluding hydrogens is 458 g/mol. The van der Waals surface area contributed by atoms with Crippen molar-refractivity contribution in [2.24, 2.45) is 11.3 Å². The number of hydrogen-bond donors (Lipinski definition) is 0. The second-order valence-corrected chi connectivity index (χ2v) is 13.1. The third-order valence-corrected chi connectivity index (χ3v) is 10.1. The van der Waals surface area contributed by atoms with E-state index in [0.717, 1.165) is 37.7 Å². The van der Waals surface area contributed by atoms with Crippen molar-refractivity contribution in [3.8, 4) is 5.75 Å². The van der Waals surface area contributed by atoms with Gasteiger partial charge < -0.3 is 14.2 Å². The van der Waals surface area contributed by atoms with Crippen molar-refractivity contribution >= 4 is 0 Å². The van der Waals surface area contributed by atoms with Crippen LogP contribution in [0.5, 0.6) is 5.75 Å². The molecule has 2 unspecified atom stereocenters. The number of rotatable bonds is 12. The molecule has 4 aliphatic rings. The monoisotopic (exact) mass is 503 g/mol. The Bertz CT molecular complexity index is 1110. The molecule has 3 aliphatic carbocycles. The van der Waals surface area contributed by atoms with Gasteiger partial charge in [-0.25, -0.2) is 0 Å². The van der Waals surface area contributed by atoms with E-state index < -0.39 is 0 Å². The Balaban J connectivity index is 1.30. The van der Waals surface area contributed by atoms with Crippen molar-refractivity contribution in [3.63, 3.8) is 0 Å². The Hall–Kier alpha value is -1.88. The van der Waals surface area contributed by atoms with Crippen molar-refractivity contribution in [1.82, 2.24) is 4.90 Å². The summed E-state index contributed by atoms with van der Waals surface area (Å²) in [6.45, 7) is 15.1. The Morgan fingerprint density at radius 3 is 2.54 bits per heavy atom. The maximum Gasteiger partial charge on any atom is 0.120 e. The summed E-state index contributed by atoms with van der Waals surface area (Å²) in [5, 5.41) is 0. The predicted octanol–water partition coefficient (Wildman–Crippen LogP) is 7.06. The van der Waals surface area contributed by atoms with Gasteiger partial charge in [0, 0.05) is 42.7 Å². The van der Waals surface area contributed by atoms with Crippen LogP contribution in [0.15, 0.2) is 48.5 Å². The van der Waals surface area contributed by atoms with Crippen LogP contribution < -0.4 is 4.74 Å². The van der Waals surface area contributed by atoms with E-state index in [0.29, 0.717) is 18.7 Å². The lowest BCUT2D eigenvalue weighted by atomic mass is 9.34. The fraction of sp³-hybridized carbons (Fsp3) is 0.636. The zero-order valence-corrected chi connectivity index (χ0v) is 23.5. The number of benzene rings is 2. The van der Waals surface area contributed by atoms with E-state index in [4.69, 9.17) is 14.2 Å². The molecule has 0 N–H and O–H groups in total. The van der Waals surface area contributed by atoms with E-state index in [-0.39, 0.29) is 22.5 Å². The van der Waals surface area contributed by atoms with Gasteiger partial charge >= 0.3 is 0 Å². The minimum atomic E-state index is -0.248. The lowest BCUT2D eigenvalue weighted by Gasteiger charge is -2.81. The van der Waals surface area contributed by atoms with Crippen LogP contribution >= 0.6 is 0 Å². The third kappa shape index (κ3) is 4.24. The molecule has 37 heavy (non-hydrogen) atoms. The van der Waals surface area contributed by atoms with E-state index in [2.05, 4.69) is 88.0 Å². The summed E-state index contributed by atoms with van der Waals surface area (Å²) in [7, 11) is 0. The molecule has 0 radical (unpaired) electrons. The highest BCUT2D eigenvalue weighted by molar-refractivity contribution is 5.53. The van der Waals surface area contributed by atoms with Gasteiger partial charge in [-0.3, -0.25) is 4.90 Å². The smallest absolute Gasteiger partial charge is 0.120 e. The van der Waals surface area contributed by atoms with Crippen LogP contribution in [0, 0.1) is 11.3 Å². The third-order valence-electron chi connectivity index (χ3n) is 10.1. The normalized spacial score (nSPS) is 32.2. The molecule has 1 saturated heterocycles. The fourth-order valence-electron chi connectivity index (χ4n) is 7.58. The quantitative estimate of drug-likeness (QED) is 0.290. The molecular formula is C33H45NO3. The maximum absolute atomic E-state index is 7.14. The highest BCUT2D eigenvalue weighted by Crippen LogP contribution is 2.74. The van der Waals surface area contributed by atoms with Gasteiger partial charge in [0.25, 0.3) is 0 Å². The largest absolute Gasteiger partial charge is 0.489 e. The molecule has 2 aromatic rings. The van der Waals surface area contributed by atoms with E-state index in [1.807, 2.05) is 0 Å². The number of nitrogens with zero attached hydrogens (tertiary/aromatic N) is 1. The van der Waals surface area contributed by atoms with Crippen molar-refractivity contribution in [3.05, 3.63) is 65.2 Å². The van der Waals surface area contributed by atoms with Crippen LogP contribution in [-0.2, 0) is 21.5 Å². The molecule has 5 atom stereocenters. The van der Waals surface area contributed by atoms with Gasteiger partial charge in [0.15, 0.2) is 0 Å². The number of fused-ring (bicyclic) bond motifs is 2. The Morgan fingerprint density at radius 2 is 1.81 bits per heavy atom.